The van der Waals surface area contributed by atoms with E-state index in [0.29, 0.717) is 11.3 Å². The normalized spacial score (nSPS) is 16.1. The maximum atomic E-state index is 12.8. The third-order valence-corrected chi connectivity index (χ3v) is 4.20. The van der Waals surface area contributed by atoms with Gasteiger partial charge < -0.3 is 29.5 Å². The highest BCUT2D eigenvalue weighted by Crippen LogP contribution is 2.47. The number of aromatic hydroxyl groups is 3. The first-order valence-electron chi connectivity index (χ1n) is 7.62. The number of phenolic OH excluding ortho intramolecular Hbond substituents is 3. The SMILES string of the molecule is COc1ccc(C[C@H]2COc3c(OC)c(O)cc(O)c3C2=O)c(O)c1. The van der Waals surface area contributed by atoms with Gasteiger partial charge in [-0.1, -0.05) is 6.07 Å². The number of phenols is 3. The number of carbonyl (C=O) groups is 1. The van der Waals surface area contributed by atoms with Gasteiger partial charge in [0.05, 0.1) is 26.7 Å². The Balaban J connectivity index is 1.92. The molecular weight excluding hydrogens is 328 g/mol. The Kier molecular flexibility index (Phi) is 4.31. The number of fused-ring (bicyclic) bond motifs is 1. The molecule has 0 saturated carbocycles. The zero-order valence-corrected chi connectivity index (χ0v) is 13.8. The van der Waals surface area contributed by atoms with Crippen molar-refractivity contribution in [2.45, 2.75) is 6.42 Å². The van der Waals surface area contributed by atoms with Gasteiger partial charge in [-0.3, -0.25) is 4.79 Å². The Morgan fingerprint density at radius 3 is 2.48 bits per heavy atom. The zero-order chi connectivity index (χ0) is 18.1. The first-order valence-corrected chi connectivity index (χ1v) is 7.62. The number of hydrogen-bond acceptors (Lipinski definition) is 7. The van der Waals surface area contributed by atoms with E-state index >= 15 is 0 Å². The average Bonchev–Trinajstić information content (AvgIpc) is 2.58. The molecule has 7 heteroatoms. The van der Waals surface area contributed by atoms with Crippen LogP contribution in [0.4, 0.5) is 0 Å². The van der Waals surface area contributed by atoms with E-state index in [2.05, 4.69) is 0 Å². The van der Waals surface area contributed by atoms with Crippen molar-refractivity contribution in [3.63, 3.8) is 0 Å². The van der Waals surface area contributed by atoms with Gasteiger partial charge in [-0.2, -0.15) is 0 Å². The monoisotopic (exact) mass is 346 g/mol. The number of hydrogen-bond donors (Lipinski definition) is 3. The van der Waals surface area contributed by atoms with Gasteiger partial charge in [0.25, 0.3) is 0 Å². The minimum absolute atomic E-state index is 0.00638. The maximum Gasteiger partial charge on any atom is 0.204 e. The van der Waals surface area contributed by atoms with E-state index in [4.69, 9.17) is 14.2 Å². The summed E-state index contributed by atoms with van der Waals surface area (Å²) in [6, 6.07) is 5.88. The van der Waals surface area contributed by atoms with Gasteiger partial charge in [0, 0.05) is 12.1 Å². The molecule has 7 nitrogen and oxygen atoms in total. The van der Waals surface area contributed by atoms with Crippen LogP contribution in [0.1, 0.15) is 15.9 Å². The van der Waals surface area contributed by atoms with E-state index in [1.165, 1.54) is 20.3 Å². The fraction of sp³-hybridized carbons (Fsp3) is 0.278. The van der Waals surface area contributed by atoms with Gasteiger partial charge >= 0.3 is 0 Å². The average molecular weight is 346 g/mol. The summed E-state index contributed by atoms with van der Waals surface area (Å²) in [5, 5.41) is 29.9. The van der Waals surface area contributed by atoms with Crippen molar-refractivity contribution in [1.82, 2.24) is 0 Å². The van der Waals surface area contributed by atoms with E-state index in [0.717, 1.165) is 6.07 Å². The maximum absolute atomic E-state index is 12.8. The number of methoxy groups -OCH3 is 2. The highest BCUT2D eigenvalue weighted by Gasteiger charge is 2.35. The molecule has 3 rings (SSSR count). The summed E-state index contributed by atoms with van der Waals surface area (Å²) in [7, 11) is 2.83. The Morgan fingerprint density at radius 2 is 1.84 bits per heavy atom. The number of ketones is 1. The van der Waals surface area contributed by atoms with Gasteiger partial charge in [-0.25, -0.2) is 0 Å². The number of rotatable bonds is 4. The van der Waals surface area contributed by atoms with Crippen LogP contribution in [0.25, 0.3) is 0 Å². The minimum atomic E-state index is -0.591. The fourth-order valence-electron chi connectivity index (χ4n) is 2.91. The Labute approximate surface area is 144 Å². The van der Waals surface area contributed by atoms with Crippen LogP contribution in [0.5, 0.6) is 34.5 Å². The van der Waals surface area contributed by atoms with Crippen molar-refractivity contribution >= 4 is 5.78 Å². The second kappa shape index (κ2) is 6.43. The predicted molar refractivity (Wildman–Crippen MR) is 88.0 cm³/mol. The lowest BCUT2D eigenvalue weighted by molar-refractivity contribution is 0.0820. The summed E-state index contributed by atoms with van der Waals surface area (Å²) in [6.07, 6.45) is 0.233. The summed E-state index contributed by atoms with van der Waals surface area (Å²) in [4.78, 5) is 12.8. The first-order chi connectivity index (χ1) is 12.0. The highest BCUT2D eigenvalue weighted by molar-refractivity contribution is 6.05. The molecular formula is C18H18O7. The van der Waals surface area contributed by atoms with Crippen molar-refractivity contribution in [1.29, 1.82) is 0 Å². The molecule has 1 heterocycles. The second-order valence-corrected chi connectivity index (χ2v) is 5.72. The number of ether oxygens (including phenoxy) is 3. The molecule has 0 saturated heterocycles. The van der Waals surface area contributed by atoms with Crippen LogP contribution < -0.4 is 14.2 Å². The van der Waals surface area contributed by atoms with Crippen molar-refractivity contribution in [3.8, 4) is 34.5 Å². The molecule has 0 fully saturated rings. The molecule has 132 valence electrons. The fourth-order valence-corrected chi connectivity index (χ4v) is 2.91. The molecule has 0 aromatic heterocycles. The van der Waals surface area contributed by atoms with E-state index in [1.807, 2.05) is 0 Å². The van der Waals surface area contributed by atoms with Gasteiger partial charge in [0.15, 0.2) is 17.3 Å². The van der Waals surface area contributed by atoms with Crippen LogP contribution in [0.2, 0.25) is 0 Å². The first kappa shape index (κ1) is 16.8. The molecule has 0 spiro atoms. The molecule has 1 aliphatic rings. The smallest absolute Gasteiger partial charge is 0.204 e. The number of Topliss-reactive ketones (excluding diaryl/α,β-unsaturated/α-hetero) is 1. The molecule has 25 heavy (non-hydrogen) atoms. The van der Waals surface area contributed by atoms with Gasteiger partial charge in [0.2, 0.25) is 5.75 Å². The van der Waals surface area contributed by atoms with Crippen LogP contribution in [-0.4, -0.2) is 41.9 Å². The molecule has 0 amide bonds. The summed E-state index contributed by atoms with van der Waals surface area (Å²) in [5.74, 6) is -1.05. The Hall–Kier alpha value is -3.09. The highest BCUT2D eigenvalue weighted by atomic mass is 16.5. The van der Waals surface area contributed by atoms with Gasteiger partial charge in [-0.05, 0) is 18.1 Å². The third kappa shape index (κ3) is 2.88. The van der Waals surface area contributed by atoms with Crippen molar-refractivity contribution < 1.29 is 34.3 Å². The number of benzene rings is 2. The lowest BCUT2D eigenvalue weighted by atomic mass is 9.88. The van der Waals surface area contributed by atoms with Crippen LogP contribution in [0.3, 0.4) is 0 Å². The molecule has 1 aliphatic heterocycles. The standard InChI is InChI=1S/C18H18O7/c1-23-11-4-3-9(12(19)6-11)5-10-8-25-18-15(16(10)22)13(20)7-14(21)17(18)24-2/h3-4,6-7,10,19-21H,5,8H2,1-2H3/t10-/m0/s1. The molecule has 0 radical (unpaired) electrons. The third-order valence-electron chi connectivity index (χ3n) is 4.20. The summed E-state index contributed by atoms with van der Waals surface area (Å²) in [5.41, 5.74) is 0.537. The quantitative estimate of drug-likeness (QED) is 0.780. The largest absolute Gasteiger partial charge is 0.508 e. The van der Waals surface area contributed by atoms with Gasteiger partial charge in [-0.15, -0.1) is 0 Å². The number of carbonyl (C=O) groups excluding carboxylic acids is 1. The predicted octanol–water partition coefficient (Wildman–Crippen LogP) is 2.25. The van der Waals surface area contributed by atoms with Crippen molar-refractivity contribution in [3.05, 3.63) is 35.4 Å². The van der Waals surface area contributed by atoms with E-state index in [-0.39, 0.29) is 53.1 Å². The minimum Gasteiger partial charge on any atom is -0.508 e. The molecule has 1 atom stereocenters. The molecule has 0 bridgehead atoms. The van der Waals surface area contributed by atoms with E-state index in [9.17, 15) is 20.1 Å². The molecule has 2 aromatic carbocycles. The Bertz CT molecular complexity index is 829. The van der Waals surface area contributed by atoms with Crippen LogP contribution in [0, 0.1) is 5.92 Å². The van der Waals surface area contributed by atoms with E-state index < -0.39 is 5.92 Å². The zero-order valence-electron chi connectivity index (χ0n) is 13.8. The molecule has 3 N–H and O–H groups in total. The topological polar surface area (TPSA) is 105 Å². The molecule has 0 aliphatic carbocycles. The van der Waals surface area contributed by atoms with Crippen molar-refractivity contribution in [2.75, 3.05) is 20.8 Å². The summed E-state index contributed by atoms with van der Waals surface area (Å²) in [6.45, 7) is 0.0382. The molecule has 2 aromatic rings. The summed E-state index contributed by atoms with van der Waals surface area (Å²) < 4.78 is 15.7. The van der Waals surface area contributed by atoms with Crippen LogP contribution in [-0.2, 0) is 6.42 Å². The van der Waals surface area contributed by atoms with Crippen LogP contribution in [0.15, 0.2) is 24.3 Å². The molecule has 0 unspecified atom stereocenters. The Morgan fingerprint density at radius 1 is 1.08 bits per heavy atom. The van der Waals surface area contributed by atoms with Gasteiger partial charge in [0.1, 0.15) is 22.8 Å². The van der Waals surface area contributed by atoms with Crippen molar-refractivity contribution in [2.24, 2.45) is 5.92 Å². The second-order valence-electron chi connectivity index (χ2n) is 5.72. The summed E-state index contributed by atoms with van der Waals surface area (Å²) >= 11 is 0. The lowest BCUT2D eigenvalue weighted by Gasteiger charge is -2.26. The lowest BCUT2D eigenvalue weighted by Crippen LogP contribution is -2.30. The van der Waals surface area contributed by atoms with Crippen LogP contribution >= 0.6 is 0 Å². The van der Waals surface area contributed by atoms with E-state index in [1.54, 1.807) is 12.1 Å².